The molecule has 77 heavy (non-hydrogen) atoms. The van der Waals surface area contributed by atoms with E-state index in [4.69, 9.17) is 12.7 Å². The van der Waals surface area contributed by atoms with Gasteiger partial charge in [0.25, 0.3) is 0 Å². The van der Waals surface area contributed by atoms with E-state index in [0.29, 0.717) is 12.0 Å². The fourth-order valence-electron chi connectivity index (χ4n) is 10.9. The van der Waals surface area contributed by atoms with Crippen molar-refractivity contribution >= 4 is 55.8 Å². The van der Waals surface area contributed by atoms with Crippen LogP contribution in [0.3, 0.4) is 0 Å². The summed E-state index contributed by atoms with van der Waals surface area (Å²) in [6.07, 6.45) is 5.70. The van der Waals surface area contributed by atoms with E-state index < -0.39 is 14.4 Å². The first kappa shape index (κ1) is 49.2. The van der Waals surface area contributed by atoms with Crippen LogP contribution in [0.5, 0.6) is 0 Å². The first-order valence-corrected chi connectivity index (χ1v) is 30.7. The first-order valence-electron chi connectivity index (χ1n) is 27.4. The number of thiophene rings is 1. The molecule has 0 saturated heterocycles. The van der Waals surface area contributed by atoms with Gasteiger partial charge in [-0.1, -0.05) is 225 Å². The largest absolute Gasteiger partial charge is 0.333 e. The molecule has 3 heterocycles. The first-order chi connectivity index (χ1) is 38.0. The van der Waals surface area contributed by atoms with Crippen LogP contribution in [0, 0.1) is 23.9 Å². The summed E-state index contributed by atoms with van der Waals surface area (Å²) in [7, 11) is -1.53. The molecule has 12 aromatic rings. The molecule has 13 rings (SSSR count). The SMILES string of the molecule is Fc1ccccc1-c1ccc2c(c1)sc1c(-c3nc4ccccc4n3-c3ccc(-c4ccccc4)cc3-c3ccccc3)[c-]cc(-c3ccccc3)c12.[2H]C1([2H])CCCCC1Cc1cc(-c2[c-]cccc2)ncc1[Si](C)(C)C.[Ir]. The van der Waals surface area contributed by atoms with Crippen molar-refractivity contribution < 1.29 is 27.2 Å². The molecule has 3 nitrogen and oxygen atoms in total. The maximum atomic E-state index is 15.0. The third-order valence-corrected chi connectivity index (χ3v) is 17.9. The summed E-state index contributed by atoms with van der Waals surface area (Å²) in [5.41, 5.74) is 15.4. The van der Waals surface area contributed by atoms with Gasteiger partial charge in [0.2, 0.25) is 0 Å². The average molecular weight is 1210 g/mol. The van der Waals surface area contributed by atoms with Crippen molar-refractivity contribution in [1.82, 2.24) is 14.5 Å². The molecule has 381 valence electrons. The maximum absolute atomic E-state index is 15.0. The van der Waals surface area contributed by atoms with Crippen molar-refractivity contribution in [2.45, 2.75) is 58.1 Å². The van der Waals surface area contributed by atoms with Crippen molar-refractivity contribution in [1.29, 1.82) is 0 Å². The van der Waals surface area contributed by atoms with Crippen LogP contribution in [0.25, 0.3) is 104 Å². The van der Waals surface area contributed by atoms with Gasteiger partial charge in [0.15, 0.2) is 0 Å². The molecule has 1 radical (unpaired) electrons. The number of benzene rings is 9. The molecule has 0 aliphatic heterocycles. The van der Waals surface area contributed by atoms with Gasteiger partial charge in [0.1, 0.15) is 5.82 Å². The van der Waals surface area contributed by atoms with Crippen molar-refractivity contribution in [2.75, 3.05) is 0 Å². The van der Waals surface area contributed by atoms with Crippen molar-refractivity contribution in [3.8, 4) is 72.8 Å². The molecule has 7 heteroatoms. The minimum atomic E-state index is -1.53. The maximum Gasteiger partial charge on any atom is 0.131 e. The normalized spacial score (nSPS) is 14.6. The molecule has 0 N–H and O–H groups in total. The van der Waals surface area contributed by atoms with Crippen LogP contribution in [0.2, 0.25) is 19.6 Å². The number of pyridine rings is 1. The van der Waals surface area contributed by atoms with Crippen LogP contribution in [0.1, 0.15) is 40.4 Å². The Morgan fingerprint density at radius 2 is 1.34 bits per heavy atom. The van der Waals surface area contributed by atoms with E-state index in [-0.39, 0.29) is 31.8 Å². The predicted octanol–water partition coefficient (Wildman–Crippen LogP) is 18.9. The zero-order chi connectivity index (χ0) is 53.4. The van der Waals surface area contributed by atoms with Gasteiger partial charge < -0.3 is 9.55 Å². The predicted molar refractivity (Wildman–Crippen MR) is 322 cm³/mol. The standard InChI is InChI=1S/C49H30FN2S.C21H28NSi.Ir/c50-42-21-11-10-20-37(42)36-24-26-39-46(31-36)53-48-40(28-27-38(47(39)48)33-16-6-2-7-17-33)49-51-43-22-12-13-23-45(43)52(49)44-29-25-35(32-14-4-1-5-15-32)30-41(44)34-18-8-3-9-19-34;1-23(2,3)21-16-22-20(18-12-8-5-9-13-18)15-19(21)14-17-10-6-4-7-11-17;/h1-27,29-31H;5,8-9,12,15-17H,4,6-7,10-11,14H2,1-3H3;/q2*-1;/i;10D2;. The summed E-state index contributed by atoms with van der Waals surface area (Å²) in [6, 6.07) is 79.2. The van der Waals surface area contributed by atoms with Crippen molar-refractivity contribution in [3.63, 3.8) is 0 Å². The summed E-state index contributed by atoms with van der Waals surface area (Å²) in [5, 5.41) is 3.64. The summed E-state index contributed by atoms with van der Waals surface area (Å²) < 4.78 is 36.4. The molecule has 1 atom stereocenters. The number of hydrogen-bond donors (Lipinski definition) is 0. The van der Waals surface area contributed by atoms with Gasteiger partial charge in [-0.05, 0) is 92.0 Å². The minimum absolute atomic E-state index is 0. The fourth-order valence-corrected chi connectivity index (χ4v) is 13.8. The summed E-state index contributed by atoms with van der Waals surface area (Å²) >= 11 is 1.71. The number of para-hydroxylation sites is 2. The molecule has 1 aliphatic carbocycles. The Bertz CT molecular complexity index is 4100. The molecule has 3 aromatic heterocycles. The van der Waals surface area contributed by atoms with Crippen molar-refractivity contribution in [2.24, 2.45) is 5.92 Å². The van der Waals surface area contributed by atoms with Gasteiger partial charge in [-0.25, -0.2) is 4.39 Å². The zero-order valence-electron chi connectivity index (χ0n) is 45.4. The smallest absolute Gasteiger partial charge is 0.131 e. The second-order valence-electron chi connectivity index (χ2n) is 20.8. The molecule has 1 saturated carbocycles. The van der Waals surface area contributed by atoms with E-state index >= 15 is 4.39 Å². The van der Waals surface area contributed by atoms with Gasteiger partial charge >= 0.3 is 0 Å². The Labute approximate surface area is 473 Å². The summed E-state index contributed by atoms with van der Waals surface area (Å²) in [5.74, 6) is 0.709. The van der Waals surface area contributed by atoms with Crippen LogP contribution in [-0.2, 0) is 26.5 Å². The van der Waals surface area contributed by atoms with E-state index in [9.17, 15) is 0 Å². The number of fused-ring (bicyclic) bond motifs is 4. The van der Waals surface area contributed by atoms with Crippen LogP contribution >= 0.6 is 11.3 Å². The Morgan fingerprint density at radius 3 is 2.06 bits per heavy atom. The zero-order valence-corrected chi connectivity index (χ0v) is 47.6. The molecule has 0 bridgehead atoms. The van der Waals surface area contributed by atoms with Crippen molar-refractivity contribution in [3.05, 3.63) is 242 Å². The van der Waals surface area contributed by atoms with Gasteiger partial charge in [-0.15, -0.1) is 48.0 Å². The van der Waals surface area contributed by atoms with Gasteiger partial charge in [0.05, 0.1) is 24.9 Å². The van der Waals surface area contributed by atoms with E-state index in [1.54, 1.807) is 17.4 Å². The Morgan fingerprint density at radius 1 is 0.649 bits per heavy atom. The van der Waals surface area contributed by atoms with E-state index in [2.05, 4.69) is 188 Å². The van der Waals surface area contributed by atoms with E-state index in [0.717, 1.165) is 119 Å². The third kappa shape index (κ3) is 10.7. The molecule has 1 aliphatic rings. The van der Waals surface area contributed by atoms with Crippen LogP contribution < -0.4 is 5.19 Å². The van der Waals surface area contributed by atoms with Gasteiger partial charge in [-0.2, -0.15) is 11.3 Å². The summed E-state index contributed by atoms with van der Waals surface area (Å²) in [4.78, 5) is 10.1. The molecular weight excluding hydrogens is 1150 g/mol. The molecule has 1 unspecified atom stereocenters. The molecular formula is C70H58FIrN3SSi-2. The number of halogens is 1. The Hall–Kier alpha value is -7.38. The Balaban J connectivity index is 0.000000214. The fraction of sp³-hybridized carbons (Fsp3) is 0.143. The van der Waals surface area contributed by atoms with E-state index in [1.165, 1.54) is 22.4 Å². The number of aromatic nitrogens is 3. The Kier molecular flexibility index (Phi) is 14.5. The second kappa shape index (κ2) is 22.7. The number of nitrogens with zero attached hydrogens (tertiary/aromatic N) is 3. The third-order valence-electron chi connectivity index (χ3n) is 14.7. The summed E-state index contributed by atoms with van der Waals surface area (Å²) in [6.45, 7) is 7.03. The number of imidazole rings is 1. The van der Waals surface area contributed by atoms with Crippen LogP contribution in [-0.4, -0.2) is 22.6 Å². The van der Waals surface area contributed by atoms with Gasteiger partial charge in [-0.3, -0.25) is 4.98 Å². The molecule has 1 fully saturated rings. The molecule has 9 aromatic carbocycles. The monoisotopic (exact) mass is 1210 g/mol. The van der Waals surface area contributed by atoms with E-state index in [1.807, 2.05) is 54.6 Å². The number of rotatable bonds is 10. The number of hydrogen-bond acceptors (Lipinski definition) is 3. The van der Waals surface area contributed by atoms with Crippen LogP contribution in [0.4, 0.5) is 4.39 Å². The topological polar surface area (TPSA) is 30.7 Å². The van der Waals surface area contributed by atoms with Gasteiger partial charge in [0, 0.05) is 50.6 Å². The quantitative estimate of drug-likeness (QED) is 0.101. The van der Waals surface area contributed by atoms with Crippen LogP contribution in [0.15, 0.2) is 219 Å². The average Bonchev–Trinajstić information content (AvgIpc) is 4.19. The second-order valence-corrected chi connectivity index (χ2v) is 26.9. The molecule has 0 spiro atoms. The molecule has 0 amide bonds. The minimum Gasteiger partial charge on any atom is -0.333 e.